The van der Waals surface area contributed by atoms with Crippen molar-refractivity contribution >= 4 is 17.4 Å². The molecular formula is C15H19ClFNO. The molecule has 0 spiro atoms. The first-order valence-corrected chi connectivity index (χ1v) is 7.17. The van der Waals surface area contributed by atoms with Crippen molar-refractivity contribution in [2.45, 2.75) is 32.1 Å². The largest absolute Gasteiger partial charge is 0.330 e. The monoisotopic (exact) mass is 283 g/mol. The third-order valence-corrected chi connectivity index (χ3v) is 4.44. The van der Waals surface area contributed by atoms with Crippen LogP contribution < -0.4 is 5.73 Å². The standard InChI is InChI=1S/C15H19ClFNO/c16-15-10(5-3-7-13(15)17)8-14(19)12-6-2-1-4-11(12)9-18/h3,5,7,11-12H,1-2,4,6,8-9,18H2. The van der Waals surface area contributed by atoms with Crippen LogP contribution >= 0.6 is 11.6 Å². The predicted octanol–water partition coefficient (Wildman–Crippen LogP) is 3.36. The fraction of sp³-hybridized carbons (Fsp3) is 0.533. The zero-order valence-corrected chi connectivity index (χ0v) is 11.6. The van der Waals surface area contributed by atoms with Crippen LogP contribution in [0.25, 0.3) is 0 Å². The van der Waals surface area contributed by atoms with Crippen molar-refractivity contribution < 1.29 is 9.18 Å². The molecule has 0 amide bonds. The number of ketones is 1. The molecule has 0 heterocycles. The molecule has 2 unspecified atom stereocenters. The van der Waals surface area contributed by atoms with Crippen molar-refractivity contribution in [3.05, 3.63) is 34.6 Å². The van der Waals surface area contributed by atoms with E-state index in [2.05, 4.69) is 0 Å². The van der Waals surface area contributed by atoms with Gasteiger partial charge in [0, 0.05) is 12.3 Å². The van der Waals surface area contributed by atoms with Gasteiger partial charge in [0.05, 0.1) is 5.02 Å². The summed E-state index contributed by atoms with van der Waals surface area (Å²) < 4.78 is 13.4. The molecule has 1 aromatic carbocycles. The van der Waals surface area contributed by atoms with Gasteiger partial charge in [0.1, 0.15) is 11.6 Å². The van der Waals surface area contributed by atoms with E-state index in [1.54, 1.807) is 12.1 Å². The van der Waals surface area contributed by atoms with Crippen LogP contribution in [0.15, 0.2) is 18.2 Å². The van der Waals surface area contributed by atoms with E-state index in [9.17, 15) is 9.18 Å². The average molecular weight is 284 g/mol. The maximum Gasteiger partial charge on any atom is 0.142 e. The smallest absolute Gasteiger partial charge is 0.142 e. The van der Waals surface area contributed by atoms with E-state index in [1.165, 1.54) is 6.07 Å². The van der Waals surface area contributed by atoms with Crippen LogP contribution in [0.3, 0.4) is 0 Å². The summed E-state index contributed by atoms with van der Waals surface area (Å²) in [4.78, 5) is 12.4. The van der Waals surface area contributed by atoms with E-state index < -0.39 is 5.82 Å². The van der Waals surface area contributed by atoms with Gasteiger partial charge >= 0.3 is 0 Å². The van der Waals surface area contributed by atoms with Crippen LogP contribution in [0.4, 0.5) is 4.39 Å². The average Bonchev–Trinajstić information content (AvgIpc) is 2.43. The SMILES string of the molecule is NCC1CCCCC1C(=O)Cc1cccc(F)c1Cl. The summed E-state index contributed by atoms with van der Waals surface area (Å²) in [5.74, 6) is -0.0414. The van der Waals surface area contributed by atoms with Crippen molar-refractivity contribution in [3.63, 3.8) is 0 Å². The minimum Gasteiger partial charge on any atom is -0.330 e. The fourth-order valence-electron chi connectivity index (χ4n) is 2.92. The molecule has 2 rings (SSSR count). The highest BCUT2D eigenvalue weighted by Crippen LogP contribution is 2.31. The van der Waals surface area contributed by atoms with Gasteiger partial charge in [-0.3, -0.25) is 4.79 Å². The van der Waals surface area contributed by atoms with Crippen LogP contribution in [0.2, 0.25) is 5.02 Å². The minimum absolute atomic E-state index is 0.0121. The molecule has 1 fully saturated rings. The number of benzene rings is 1. The highest BCUT2D eigenvalue weighted by Gasteiger charge is 2.30. The number of hydrogen-bond donors (Lipinski definition) is 1. The Balaban J connectivity index is 2.09. The topological polar surface area (TPSA) is 43.1 Å². The van der Waals surface area contributed by atoms with E-state index in [-0.39, 0.29) is 29.1 Å². The molecular weight excluding hydrogens is 265 g/mol. The molecule has 1 saturated carbocycles. The molecule has 19 heavy (non-hydrogen) atoms. The summed E-state index contributed by atoms with van der Waals surface area (Å²) in [5, 5.41) is 0.0657. The number of halogens is 2. The minimum atomic E-state index is -0.467. The van der Waals surface area contributed by atoms with Crippen molar-refractivity contribution in [3.8, 4) is 0 Å². The van der Waals surface area contributed by atoms with Gasteiger partial charge in [0.15, 0.2) is 0 Å². The Bertz CT molecular complexity index is 463. The van der Waals surface area contributed by atoms with Crippen LogP contribution in [0.5, 0.6) is 0 Å². The van der Waals surface area contributed by atoms with Crippen molar-refractivity contribution in [2.24, 2.45) is 17.6 Å². The van der Waals surface area contributed by atoms with Crippen molar-refractivity contribution in [1.82, 2.24) is 0 Å². The first kappa shape index (κ1) is 14.5. The van der Waals surface area contributed by atoms with Gasteiger partial charge < -0.3 is 5.73 Å². The molecule has 1 aliphatic carbocycles. The van der Waals surface area contributed by atoms with Gasteiger partial charge in [0.25, 0.3) is 0 Å². The lowest BCUT2D eigenvalue weighted by molar-refractivity contribution is -0.124. The number of carbonyl (C=O) groups excluding carboxylic acids is 1. The molecule has 2 atom stereocenters. The van der Waals surface area contributed by atoms with E-state index in [0.717, 1.165) is 25.7 Å². The third-order valence-electron chi connectivity index (χ3n) is 4.02. The Hall–Kier alpha value is -0.930. The van der Waals surface area contributed by atoms with Crippen LogP contribution in [0.1, 0.15) is 31.2 Å². The van der Waals surface area contributed by atoms with E-state index in [1.807, 2.05) is 0 Å². The number of rotatable bonds is 4. The lowest BCUT2D eigenvalue weighted by Gasteiger charge is -2.29. The van der Waals surface area contributed by atoms with Crippen LogP contribution in [-0.4, -0.2) is 12.3 Å². The van der Waals surface area contributed by atoms with Gasteiger partial charge in [-0.1, -0.05) is 36.6 Å². The molecule has 0 radical (unpaired) electrons. The highest BCUT2D eigenvalue weighted by molar-refractivity contribution is 6.31. The maximum atomic E-state index is 13.4. The summed E-state index contributed by atoms with van der Waals surface area (Å²) in [6, 6.07) is 4.61. The second-order valence-corrected chi connectivity index (χ2v) is 5.62. The Morgan fingerprint density at radius 2 is 2.11 bits per heavy atom. The number of hydrogen-bond acceptors (Lipinski definition) is 2. The lowest BCUT2D eigenvalue weighted by atomic mass is 9.76. The number of carbonyl (C=O) groups is 1. The molecule has 1 aliphatic rings. The summed E-state index contributed by atoms with van der Waals surface area (Å²) in [6.45, 7) is 0.549. The molecule has 4 heteroatoms. The van der Waals surface area contributed by atoms with Gasteiger partial charge in [-0.05, 0) is 36.9 Å². The van der Waals surface area contributed by atoms with Crippen LogP contribution in [-0.2, 0) is 11.2 Å². The van der Waals surface area contributed by atoms with E-state index in [0.29, 0.717) is 12.1 Å². The number of Topliss-reactive ketones (excluding diaryl/α,β-unsaturated/α-hetero) is 1. The zero-order chi connectivity index (χ0) is 13.8. The lowest BCUT2D eigenvalue weighted by Crippen LogP contribution is -2.33. The van der Waals surface area contributed by atoms with Gasteiger partial charge in [-0.15, -0.1) is 0 Å². The predicted molar refractivity (Wildman–Crippen MR) is 74.6 cm³/mol. The van der Waals surface area contributed by atoms with E-state index >= 15 is 0 Å². The molecule has 0 aromatic heterocycles. The van der Waals surface area contributed by atoms with Crippen molar-refractivity contribution in [2.75, 3.05) is 6.54 Å². The van der Waals surface area contributed by atoms with Crippen LogP contribution in [0, 0.1) is 17.7 Å². The summed E-state index contributed by atoms with van der Waals surface area (Å²) >= 11 is 5.89. The second kappa shape index (κ2) is 6.49. The molecule has 1 aromatic rings. The highest BCUT2D eigenvalue weighted by atomic mass is 35.5. The Labute approximate surface area is 118 Å². The fourth-order valence-corrected chi connectivity index (χ4v) is 3.11. The van der Waals surface area contributed by atoms with E-state index in [4.69, 9.17) is 17.3 Å². The third kappa shape index (κ3) is 3.34. The molecule has 0 aliphatic heterocycles. The summed E-state index contributed by atoms with van der Waals surface area (Å²) in [5.41, 5.74) is 6.32. The molecule has 0 saturated heterocycles. The second-order valence-electron chi connectivity index (χ2n) is 5.24. The Morgan fingerprint density at radius 1 is 1.37 bits per heavy atom. The summed E-state index contributed by atoms with van der Waals surface area (Å²) in [6.07, 6.45) is 4.34. The van der Waals surface area contributed by atoms with Crippen molar-refractivity contribution in [1.29, 1.82) is 0 Å². The molecule has 2 N–H and O–H groups in total. The Morgan fingerprint density at radius 3 is 2.84 bits per heavy atom. The van der Waals surface area contributed by atoms with Gasteiger partial charge in [-0.2, -0.15) is 0 Å². The number of nitrogens with two attached hydrogens (primary N) is 1. The molecule has 2 nitrogen and oxygen atoms in total. The first-order valence-electron chi connectivity index (χ1n) is 6.79. The maximum absolute atomic E-state index is 13.4. The summed E-state index contributed by atoms with van der Waals surface area (Å²) in [7, 11) is 0. The first-order chi connectivity index (χ1) is 9.13. The van der Waals surface area contributed by atoms with Gasteiger partial charge in [-0.25, -0.2) is 4.39 Å². The normalized spacial score (nSPS) is 23.3. The van der Waals surface area contributed by atoms with Gasteiger partial charge in [0.2, 0.25) is 0 Å². The molecule has 0 bridgehead atoms. The Kier molecular flexibility index (Phi) is 4.94. The zero-order valence-electron chi connectivity index (χ0n) is 10.9. The molecule has 104 valence electrons. The quantitative estimate of drug-likeness (QED) is 0.921.